The van der Waals surface area contributed by atoms with Crippen molar-refractivity contribution in [2.24, 2.45) is 12.8 Å². The van der Waals surface area contributed by atoms with Crippen molar-refractivity contribution in [2.75, 3.05) is 4.90 Å². The van der Waals surface area contributed by atoms with Gasteiger partial charge in [-0.15, -0.1) is 12.4 Å². The van der Waals surface area contributed by atoms with E-state index < -0.39 is 12.2 Å². The Bertz CT molecular complexity index is 1330. The zero-order chi connectivity index (χ0) is 21.4. The van der Waals surface area contributed by atoms with Crippen molar-refractivity contribution in [3.05, 3.63) is 29.0 Å². The number of hydrogen-bond acceptors (Lipinski definition) is 6. The number of aromatic amines is 1. The second-order valence-corrected chi connectivity index (χ2v) is 8.99. The maximum Gasteiger partial charge on any atom is 0.202 e. The number of aromatic nitrogens is 6. The lowest BCUT2D eigenvalue weighted by atomic mass is 9.96. The number of benzene rings is 1. The number of nitrogens with one attached hydrogen (secondary N) is 1. The number of hydrogen-bond donors (Lipinski definition) is 2. The molecule has 8 nitrogen and oxygen atoms in total. The van der Waals surface area contributed by atoms with Gasteiger partial charge in [-0.3, -0.25) is 9.78 Å². The van der Waals surface area contributed by atoms with Crippen molar-refractivity contribution in [3.8, 4) is 11.3 Å². The van der Waals surface area contributed by atoms with Crippen LogP contribution >= 0.6 is 24.0 Å². The summed E-state index contributed by atoms with van der Waals surface area (Å²) >= 11 is 6.70. The van der Waals surface area contributed by atoms with Crippen LogP contribution in [0, 0.1) is 6.92 Å². The number of anilines is 1. The Morgan fingerprint density at radius 2 is 2.06 bits per heavy atom. The van der Waals surface area contributed by atoms with Gasteiger partial charge in [0.1, 0.15) is 11.7 Å². The van der Waals surface area contributed by atoms with Gasteiger partial charge in [0, 0.05) is 36.3 Å². The highest BCUT2D eigenvalue weighted by Gasteiger charge is 2.47. The molecule has 5 heterocycles. The molecule has 168 valence electrons. The lowest BCUT2D eigenvalue weighted by Crippen LogP contribution is -2.56. The van der Waals surface area contributed by atoms with Crippen LogP contribution in [0.2, 0.25) is 5.02 Å². The average Bonchev–Trinajstić information content (AvgIpc) is 3.41. The quantitative estimate of drug-likeness (QED) is 0.457. The third-order valence-electron chi connectivity index (χ3n) is 6.66. The first kappa shape index (κ1) is 21.4. The molecule has 0 spiro atoms. The molecule has 1 aromatic carbocycles. The van der Waals surface area contributed by atoms with Gasteiger partial charge in [0.2, 0.25) is 5.65 Å². The third kappa shape index (κ3) is 2.98. The predicted octanol–water partition coefficient (Wildman–Crippen LogP) is 3.70. The van der Waals surface area contributed by atoms with Gasteiger partial charge in [0.25, 0.3) is 0 Å². The number of nitrogens with zero attached hydrogens (tertiary/aromatic N) is 6. The molecule has 0 amide bonds. The second-order valence-electron chi connectivity index (χ2n) is 8.62. The molecule has 0 saturated carbocycles. The van der Waals surface area contributed by atoms with E-state index in [-0.39, 0.29) is 24.5 Å². The van der Waals surface area contributed by atoms with Crippen molar-refractivity contribution in [3.63, 3.8) is 0 Å². The van der Waals surface area contributed by atoms with Crippen LogP contribution in [0.1, 0.15) is 25.0 Å². The van der Waals surface area contributed by atoms with Crippen molar-refractivity contribution in [2.45, 2.75) is 50.5 Å². The first-order valence-electron chi connectivity index (χ1n) is 10.5. The molecule has 32 heavy (non-hydrogen) atoms. The Labute approximate surface area is 194 Å². The standard InChI is InChI=1S/C21H22ClFN8.ClH/c1-9-21(31-10-3-6-15(31)17(23)13(24)7-10)26-20-19(25-9)18(27-28-20)11-4-5-14-12(16(11)22)8-30(2)29-14;/h4-5,8,10,13,15,17H,3,6-7,24H2,1-2H3,(H,26,27,28);1H/t10-,13-,15+,17-;/m0./s1. The summed E-state index contributed by atoms with van der Waals surface area (Å²) in [6.45, 7) is 1.91. The summed E-state index contributed by atoms with van der Waals surface area (Å²) in [5, 5.41) is 13.3. The van der Waals surface area contributed by atoms with E-state index in [4.69, 9.17) is 27.3 Å². The lowest BCUT2D eigenvalue weighted by Gasteiger charge is -2.41. The van der Waals surface area contributed by atoms with Crippen molar-refractivity contribution >= 4 is 51.9 Å². The Morgan fingerprint density at radius 3 is 2.88 bits per heavy atom. The fraction of sp³-hybridized carbons (Fsp3) is 0.429. The molecule has 11 heteroatoms. The molecule has 0 radical (unpaired) electrons. The van der Waals surface area contributed by atoms with Crippen molar-refractivity contribution in [1.82, 2.24) is 29.9 Å². The molecule has 0 aliphatic carbocycles. The molecule has 2 saturated heterocycles. The number of nitrogens with two attached hydrogens (primary N) is 1. The van der Waals surface area contributed by atoms with Crippen LogP contribution in [0.15, 0.2) is 18.3 Å². The number of fused-ring (bicyclic) bond motifs is 4. The van der Waals surface area contributed by atoms with E-state index in [1.165, 1.54) is 0 Å². The van der Waals surface area contributed by atoms with E-state index in [9.17, 15) is 4.39 Å². The van der Waals surface area contributed by atoms with Gasteiger partial charge in [-0.1, -0.05) is 11.6 Å². The zero-order valence-electron chi connectivity index (χ0n) is 17.6. The Morgan fingerprint density at radius 1 is 1.25 bits per heavy atom. The Hall–Kier alpha value is -2.49. The largest absolute Gasteiger partial charge is 0.346 e. The molecule has 6 rings (SSSR count). The van der Waals surface area contributed by atoms with Crippen LogP contribution in [-0.2, 0) is 7.05 Å². The fourth-order valence-electron chi connectivity index (χ4n) is 5.23. The summed E-state index contributed by atoms with van der Waals surface area (Å²) in [4.78, 5) is 11.7. The summed E-state index contributed by atoms with van der Waals surface area (Å²) in [7, 11) is 1.86. The summed E-state index contributed by atoms with van der Waals surface area (Å²) in [5.41, 5.74) is 10.2. The highest BCUT2D eigenvalue weighted by Crippen LogP contribution is 2.41. The average molecular weight is 477 g/mol. The summed E-state index contributed by atoms with van der Waals surface area (Å²) in [5.74, 6) is 0.696. The Balaban J connectivity index is 0.00000216. The SMILES string of the molecule is Cc1nc2c(-c3ccc4nn(C)cc4c3Cl)[nH]nc2nc1N1[C@H]2CC[C@@H]1[C@@H](F)[C@@H](N)C2.Cl. The topological polar surface area (TPSA) is 102 Å². The monoisotopic (exact) mass is 476 g/mol. The number of H-pyrrole nitrogens is 1. The number of piperidine rings is 1. The number of aryl methyl sites for hydroxylation is 2. The van der Waals surface area contributed by atoms with Gasteiger partial charge in [-0.05, 0) is 38.3 Å². The minimum Gasteiger partial charge on any atom is -0.346 e. The van der Waals surface area contributed by atoms with Crippen molar-refractivity contribution < 1.29 is 4.39 Å². The molecule has 2 fully saturated rings. The van der Waals surface area contributed by atoms with Gasteiger partial charge < -0.3 is 10.6 Å². The smallest absolute Gasteiger partial charge is 0.202 e. The second kappa shape index (κ2) is 7.54. The van der Waals surface area contributed by atoms with Gasteiger partial charge in [0.15, 0.2) is 5.82 Å². The number of alkyl halides is 1. The minimum absolute atomic E-state index is 0. The van der Waals surface area contributed by atoms with E-state index in [1.54, 1.807) is 4.68 Å². The number of rotatable bonds is 2. The van der Waals surface area contributed by atoms with Crippen LogP contribution in [0.5, 0.6) is 0 Å². The normalized spacial score (nSPS) is 25.0. The molecule has 2 bridgehead atoms. The number of halogens is 3. The van der Waals surface area contributed by atoms with Crippen LogP contribution in [0.4, 0.5) is 10.2 Å². The van der Waals surface area contributed by atoms with Crippen LogP contribution < -0.4 is 10.6 Å². The van der Waals surface area contributed by atoms with Crippen molar-refractivity contribution in [1.29, 1.82) is 0 Å². The summed E-state index contributed by atoms with van der Waals surface area (Å²) < 4.78 is 16.5. The van der Waals surface area contributed by atoms with E-state index >= 15 is 0 Å². The minimum atomic E-state index is -1.06. The van der Waals surface area contributed by atoms with E-state index in [2.05, 4.69) is 20.2 Å². The van der Waals surface area contributed by atoms with Crippen LogP contribution in [0.25, 0.3) is 33.3 Å². The molecule has 2 aliphatic heterocycles. The van der Waals surface area contributed by atoms with Gasteiger partial charge in [0.05, 0.1) is 28.0 Å². The van der Waals surface area contributed by atoms with Gasteiger partial charge in [-0.25, -0.2) is 14.4 Å². The zero-order valence-corrected chi connectivity index (χ0v) is 19.2. The Kier molecular flexibility index (Phi) is 5.03. The van der Waals surface area contributed by atoms with Crippen LogP contribution in [-0.4, -0.2) is 54.2 Å². The van der Waals surface area contributed by atoms with Gasteiger partial charge >= 0.3 is 0 Å². The van der Waals surface area contributed by atoms with Crippen LogP contribution in [0.3, 0.4) is 0 Å². The maximum absolute atomic E-state index is 14.8. The lowest BCUT2D eigenvalue weighted by molar-refractivity contribution is 0.203. The third-order valence-corrected chi connectivity index (χ3v) is 7.06. The molecule has 0 unspecified atom stereocenters. The van der Waals surface area contributed by atoms with E-state index in [1.807, 2.05) is 32.3 Å². The molecular weight excluding hydrogens is 454 g/mol. The highest BCUT2D eigenvalue weighted by molar-refractivity contribution is 6.38. The molecule has 3 N–H and O–H groups in total. The first-order valence-corrected chi connectivity index (χ1v) is 10.8. The molecule has 4 atom stereocenters. The summed E-state index contributed by atoms with van der Waals surface area (Å²) in [6.07, 6.45) is 3.16. The van der Waals surface area contributed by atoms with Gasteiger partial charge in [-0.2, -0.15) is 10.2 Å². The summed E-state index contributed by atoms with van der Waals surface area (Å²) in [6, 6.07) is 3.37. The highest BCUT2D eigenvalue weighted by atomic mass is 35.5. The first-order chi connectivity index (χ1) is 14.9. The maximum atomic E-state index is 14.8. The molecular formula is C21H23Cl2FN8. The van der Waals surface area contributed by atoms with E-state index in [0.717, 1.165) is 35.0 Å². The predicted molar refractivity (Wildman–Crippen MR) is 125 cm³/mol. The molecule has 4 aromatic rings. The van der Waals surface area contributed by atoms with E-state index in [0.29, 0.717) is 34.1 Å². The molecule has 3 aromatic heterocycles. The molecule has 2 aliphatic rings. The fourth-order valence-corrected chi connectivity index (χ4v) is 5.53.